The summed E-state index contributed by atoms with van der Waals surface area (Å²) in [7, 11) is 1.58. The number of hydrogen-bond donors (Lipinski definition) is 1. The van der Waals surface area contributed by atoms with E-state index in [9.17, 15) is 0 Å². The molecule has 0 spiro atoms. The molecule has 3 nitrogen and oxygen atoms in total. The molecule has 56 valence electrons. The summed E-state index contributed by atoms with van der Waals surface area (Å²) >= 11 is 0. The van der Waals surface area contributed by atoms with E-state index in [1.54, 1.807) is 7.05 Å². The van der Waals surface area contributed by atoms with Crippen LogP contribution >= 0.6 is 0 Å². The Balaban J connectivity index is 2.58. The molecule has 0 saturated heterocycles. The highest BCUT2D eigenvalue weighted by Gasteiger charge is 1.99. The Bertz CT molecular complexity index is 205. The van der Waals surface area contributed by atoms with Gasteiger partial charge in [-0.05, 0) is 19.1 Å². The highest BCUT2D eigenvalue weighted by atomic mass is 16.5. The largest absolute Gasteiger partial charge is 0.465 e. The van der Waals surface area contributed by atoms with Crippen LogP contribution in [0.3, 0.4) is 0 Å². The number of rotatable bonds is 2. The summed E-state index contributed by atoms with van der Waals surface area (Å²) in [5.74, 6) is 1.65. The third-order valence-corrected chi connectivity index (χ3v) is 1.18. The van der Waals surface area contributed by atoms with Crippen molar-refractivity contribution in [2.75, 3.05) is 7.05 Å². The lowest BCUT2D eigenvalue weighted by atomic mass is 10.4. The molecule has 1 aromatic rings. The van der Waals surface area contributed by atoms with Gasteiger partial charge in [-0.1, -0.05) is 0 Å². The minimum Gasteiger partial charge on any atom is -0.465 e. The van der Waals surface area contributed by atoms with Crippen molar-refractivity contribution < 1.29 is 9.62 Å². The van der Waals surface area contributed by atoms with Gasteiger partial charge in [-0.25, -0.2) is 0 Å². The van der Waals surface area contributed by atoms with Crippen molar-refractivity contribution in [3.8, 4) is 0 Å². The second kappa shape index (κ2) is 2.86. The molecule has 0 aliphatic carbocycles. The third kappa shape index (κ3) is 1.86. The maximum absolute atomic E-state index is 8.79. The van der Waals surface area contributed by atoms with Crippen LogP contribution in [0.15, 0.2) is 16.5 Å². The minimum absolute atomic E-state index is 0.438. The molecule has 1 heterocycles. The van der Waals surface area contributed by atoms with Gasteiger partial charge in [-0.3, -0.25) is 0 Å². The molecule has 0 fully saturated rings. The van der Waals surface area contributed by atoms with Gasteiger partial charge in [-0.2, -0.15) is 5.06 Å². The van der Waals surface area contributed by atoms with Crippen molar-refractivity contribution in [2.24, 2.45) is 0 Å². The molecule has 0 aliphatic rings. The summed E-state index contributed by atoms with van der Waals surface area (Å²) in [6, 6.07) is 3.72. The highest BCUT2D eigenvalue weighted by molar-refractivity contribution is 5.04. The number of hydroxylamine groups is 2. The Kier molecular flexibility index (Phi) is 2.09. The van der Waals surface area contributed by atoms with Crippen LogP contribution < -0.4 is 0 Å². The fraction of sp³-hybridized carbons (Fsp3) is 0.429. The van der Waals surface area contributed by atoms with Crippen LogP contribution in [-0.4, -0.2) is 17.3 Å². The van der Waals surface area contributed by atoms with Crippen LogP contribution in [0.1, 0.15) is 11.5 Å². The molecule has 1 aromatic heterocycles. The van der Waals surface area contributed by atoms with E-state index in [1.165, 1.54) is 0 Å². The maximum atomic E-state index is 8.79. The van der Waals surface area contributed by atoms with Crippen LogP contribution in [0.4, 0.5) is 0 Å². The number of furan rings is 1. The van der Waals surface area contributed by atoms with Gasteiger partial charge in [-0.15, -0.1) is 0 Å². The molecule has 3 heteroatoms. The topological polar surface area (TPSA) is 36.6 Å². The van der Waals surface area contributed by atoms with E-state index in [4.69, 9.17) is 9.62 Å². The molecule has 10 heavy (non-hydrogen) atoms. The standard InChI is InChI=1S/C7H11NO2/c1-6-3-4-7(10-6)5-8(2)9/h3-4,9H,5H2,1-2H3. The average molecular weight is 141 g/mol. The zero-order chi connectivity index (χ0) is 7.56. The zero-order valence-corrected chi connectivity index (χ0v) is 6.16. The Morgan fingerprint density at radius 3 is 2.70 bits per heavy atom. The molecule has 0 unspecified atom stereocenters. The molecular weight excluding hydrogens is 130 g/mol. The lowest BCUT2D eigenvalue weighted by Crippen LogP contribution is -2.10. The first-order valence-electron chi connectivity index (χ1n) is 3.14. The molecule has 1 N–H and O–H groups in total. The Morgan fingerprint density at radius 1 is 1.60 bits per heavy atom. The number of nitrogens with zero attached hydrogens (tertiary/aromatic N) is 1. The van der Waals surface area contributed by atoms with Gasteiger partial charge in [0.15, 0.2) is 0 Å². The fourth-order valence-electron chi connectivity index (χ4n) is 0.796. The normalized spacial score (nSPS) is 10.8. The second-order valence-corrected chi connectivity index (χ2v) is 2.33. The van der Waals surface area contributed by atoms with Crippen molar-refractivity contribution in [2.45, 2.75) is 13.5 Å². The summed E-state index contributed by atoms with van der Waals surface area (Å²) in [6.45, 7) is 2.31. The van der Waals surface area contributed by atoms with Gasteiger partial charge in [0.1, 0.15) is 11.5 Å². The maximum Gasteiger partial charge on any atom is 0.120 e. The first-order valence-corrected chi connectivity index (χ1v) is 3.14. The van der Waals surface area contributed by atoms with Crippen molar-refractivity contribution >= 4 is 0 Å². The summed E-state index contributed by atoms with van der Waals surface area (Å²) in [6.07, 6.45) is 0. The van der Waals surface area contributed by atoms with E-state index in [0.717, 1.165) is 16.6 Å². The van der Waals surface area contributed by atoms with E-state index in [-0.39, 0.29) is 0 Å². The van der Waals surface area contributed by atoms with E-state index in [1.807, 2.05) is 19.1 Å². The smallest absolute Gasteiger partial charge is 0.120 e. The van der Waals surface area contributed by atoms with E-state index in [2.05, 4.69) is 0 Å². The first kappa shape index (κ1) is 7.31. The van der Waals surface area contributed by atoms with Gasteiger partial charge in [0, 0.05) is 7.05 Å². The van der Waals surface area contributed by atoms with Gasteiger partial charge in [0.2, 0.25) is 0 Å². The summed E-state index contributed by atoms with van der Waals surface area (Å²) < 4.78 is 5.19. The molecule has 0 amide bonds. The average Bonchev–Trinajstić information content (AvgIpc) is 2.13. The van der Waals surface area contributed by atoms with Crippen LogP contribution in [-0.2, 0) is 6.54 Å². The van der Waals surface area contributed by atoms with Gasteiger partial charge >= 0.3 is 0 Å². The first-order chi connectivity index (χ1) is 4.68. The molecule has 0 atom stereocenters. The van der Waals surface area contributed by atoms with Gasteiger partial charge in [0.05, 0.1) is 6.54 Å². The molecule has 0 aromatic carbocycles. The second-order valence-electron chi connectivity index (χ2n) is 2.33. The molecule has 0 saturated carbocycles. The van der Waals surface area contributed by atoms with E-state index >= 15 is 0 Å². The van der Waals surface area contributed by atoms with Crippen LogP contribution in [0.25, 0.3) is 0 Å². The van der Waals surface area contributed by atoms with Crippen molar-refractivity contribution in [1.29, 1.82) is 0 Å². The quantitative estimate of drug-likeness (QED) is 0.632. The molecule has 0 radical (unpaired) electrons. The zero-order valence-electron chi connectivity index (χ0n) is 6.16. The fourth-order valence-corrected chi connectivity index (χ4v) is 0.796. The Hall–Kier alpha value is -0.800. The summed E-state index contributed by atoms with van der Waals surface area (Å²) in [5, 5.41) is 9.87. The highest BCUT2D eigenvalue weighted by Crippen LogP contribution is 2.06. The number of hydrogen-bond acceptors (Lipinski definition) is 3. The predicted molar refractivity (Wildman–Crippen MR) is 36.7 cm³/mol. The molecule has 0 bridgehead atoms. The van der Waals surface area contributed by atoms with Crippen molar-refractivity contribution in [3.63, 3.8) is 0 Å². The lowest BCUT2D eigenvalue weighted by molar-refractivity contribution is -0.0775. The van der Waals surface area contributed by atoms with Crippen molar-refractivity contribution in [3.05, 3.63) is 23.7 Å². The van der Waals surface area contributed by atoms with Gasteiger partial charge in [0.25, 0.3) is 0 Å². The minimum atomic E-state index is 0.438. The summed E-state index contributed by atoms with van der Waals surface area (Å²) in [4.78, 5) is 0. The predicted octanol–water partition coefficient (Wildman–Crippen LogP) is 1.41. The molecule has 1 rings (SSSR count). The van der Waals surface area contributed by atoms with Crippen LogP contribution in [0.2, 0.25) is 0 Å². The molecular formula is C7H11NO2. The Morgan fingerprint density at radius 2 is 2.30 bits per heavy atom. The van der Waals surface area contributed by atoms with E-state index in [0.29, 0.717) is 6.54 Å². The monoisotopic (exact) mass is 141 g/mol. The van der Waals surface area contributed by atoms with E-state index < -0.39 is 0 Å². The molecule has 0 aliphatic heterocycles. The SMILES string of the molecule is Cc1ccc(CN(C)O)o1. The van der Waals surface area contributed by atoms with Crippen LogP contribution in [0, 0.1) is 6.92 Å². The number of aryl methyl sites for hydroxylation is 1. The van der Waals surface area contributed by atoms with Crippen LogP contribution in [0.5, 0.6) is 0 Å². The van der Waals surface area contributed by atoms with Gasteiger partial charge < -0.3 is 9.62 Å². The third-order valence-electron chi connectivity index (χ3n) is 1.18. The Labute approximate surface area is 59.8 Å². The van der Waals surface area contributed by atoms with Crippen molar-refractivity contribution in [1.82, 2.24) is 5.06 Å². The lowest BCUT2D eigenvalue weighted by Gasteiger charge is -2.03. The summed E-state index contributed by atoms with van der Waals surface area (Å²) in [5.41, 5.74) is 0.